The fourth-order valence-electron chi connectivity index (χ4n) is 2.68. The summed E-state index contributed by atoms with van der Waals surface area (Å²) in [6.07, 6.45) is 3.35. The van der Waals surface area contributed by atoms with E-state index < -0.39 is 0 Å². The van der Waals surface area contributed by atoms with Gasteiger partial charge in [-0.2, -0.15) is 0 Å². The Balaban J connectivity index is 2.18. The minimum atomic E-state index is 0.210. The van der Waals surface area contributed by atoms with Crippen LogP contribution in [0.4, 0.5) is 0 Å². The summed E-state index contributed by atoms with van der Waals surface area (Å²) in [5.74, 6) is 0. The van der Waals surface area contributed by atoms with Crippen molar-refractivity contribution >= 4 is 21.5 Å². The first-order chi connectivity index (χ1) is 8.07. The number of ether oxygens (including phenoxy) is 1. The first-order valence-corrected chi connectivity index (χ1v) is 6.83. The van der Waals surface area contributed by atoms with Gasteiger partial charge in [0, 0.05) is 18.2 Å². The van der Waals surface area contributed by atoms with Crippen molar-refractivity contribution in [3.63, 3.8) is 0 Å². The fourth-order valence-corrected chi connectivity index (χ4v) is 3.04. The summed E-state index contributed by atoms with van der Waals surface area (Å²) >= 11 is 3.53. The molecule has 0 saturated heterocycles. The molecule has 1 aliphatic carbocycles. The van der Waals surface area contributed by atoms with Crippen molar-refractivity contribution in [1.82, 2.24) is 0 Å². The molecule has 1 unspecified atom stereocenters. The van der Waals surface area contributed by atoms with E-state index >= 15 is 0 Å². The lowest BCUT2D eigenvalue weighted by atomic mass is 9.79. The molecule has 1 aromatic rings. The van der Waals surface area contributed by atoms with Crippen LogP contribution < -0.4 is 0 Å². The molecule has 0 N–H and O–H groups in total. The van der Waals surface area contributed by atoms with Gasteiger partial charge in [0.2, 0.25) is 0 Å². The number of allylic oxidation sites excluding steroid dienone is 1. The van der Waals surface area contributed by atoms with Gasteiger partial charge in [-0.3, -0.25) is 0 Å². The third kappa shape index (κ3) is 2.48. The lowest BCUT2D eigenvalue weighted by Gasteiger charge is -2.25. The summed E-state index contributed by atoms with van der Waals surface area (Å²) in [4.78, 5) is 0. The molecule has 0 spiro atoms. The predicted molar refractivity (Wildman–Crippen MR) is 76.1 cm³/mol. The summed E-state index contributed by atoms with van der Waals surface area (Å²) < 4.78 is 6.28. The Morgan fingerprint density at radius 3 is 2.94 bits per heavy atom. The Morgan fingerprint density at radius 2 is 2.24 bits per heavy atom. The second-order valence-corrected chi connectivity index (χ2v) is 6.03. The molecule has 0 amide bonds. The van der Waals surface area contributed by atoms with E-state index in [2.05, 4.69) is 47.6 Å². The Labute approximate surface area is 112 Å². The maximum atomic E-state index is 5.14. The lowest BCUT2D eigenvalue weighted by molar-refractivity contribution is 0.182. The van der Waals surface area contributed by atoms with Crippen molar-refractivity contribution in [1.29, 1.82) is 0 Å². The van der Waals surface area contributed by atoms with E-state index in [-0.39, 0.29) is 5.41 Å². The minimum absolute atomic E-state index is 0.210. The van der Waals surface area contributed by atoms with E-state index in [1.54, 1.807) is 7.11 Å². The predicted octanol–water partition coefficient (Wildman–Crippen LogP) is 4.45. The third-order valence-electron chi connectivity index (χ3n) is 3.78. The van der Waals surface area contributed by atoms with Crippen LogP contribution in [0.5, 0.6) is 0 Å². The second kappa shape index (κ2) is 4.95. The van der Waals surface area contributed by atoms with Gasteiger partial charge < -0.3 is 4.74 Å². The largest absolute Gasteiger partial charge is 0.385 e. The number of fused-ring (bicyclic) bond motifs is 1. The smallest absolute Gasteiger partial charge is 0.0462 e. The van der Waals surface area contributed by atoms with Gasteiger partial charge in [0.25, 0.3) is 0 Å². The highest BCUT2D eigenvalue weighted by Crippen LogP contribution is 2.48. The summed E-state index contributed by atoms with van der Waals surface area (Å²) in [5, 5.41) is 0. The quantitative estimate of drug-likeness (QED) is 0.746. The molecule has 1 atom stereocenters. The summed E-state index contributed by atoms with van der Waals surface area (Å²) in [7, 11) is 1.76. The zero-order valence-electron chi connectivity index (χ0n) is 10.6. The van der Waals surface area contributed by atoms with Crippen molar-refractivity contribution < 1.29 is 4.74 Å². The van der Waals surface area contributed by atoms with Crippen LogP contribution in [-0.4, -0.2) is 13.7 Å². The molecule has 1 aromatic carbocycles. The van der Waals surface area contributed by atoms with Crippen molar-refractivity contribution in [2.24, 2.45) is 5.41 Å². The van der Waals surface area contributed by atoms with Gasteiger partial charge in [-0.1, -0.05) is 35.5 Å². The number of hydrogen-bond donors (Lipinski definition) is 0. The highest BCUT2D eigenvalue weighted by molar-refractivity contribution is 9.10. The molecule has 0 saturated carbocycles. The monoisotopic (exact) mass is 294 g/mol. The topological polar surface area (TPSA) is 9.23 Å². The van der Waals surface area contributed by atoms with E-state index in [0.29, 0.717) is 0 Å². The van der Waals surface area contributed by atoms with Gasteiger partial charge in [0.1, 0.15) is 0 Å². The third-order valence-corrected chi connectivity index (χ3v) is 4.28. The van der Waals surface area contributed by atoms with Crippen LogP contribution in [-0.2, 0) is 11.2 Å². The van der Waals surface area contributed by atoms with Crippen LogP contribution in [0.15, 0.2) is 29.3 Å². The van der Waals surface area contributed by atoms with E-state index in [4.69, 9.17) is 4.74 Å². The van der Waals surface area contributed by atoms with Crippen molar-refractivity contribution in [2.45, 2.75) is 26.2 Å². The molecule has 92 valence electrons. The SMILES string of the molecule is C=C1c2cc(Br)ccc2CC1(C)CCCOC. The molecular weight excluding hydrogens is 276 g/mol. The Morgan fingerprint density at radius 1 is 1.47 bits per heavy atom. The summed E-state index contributed by atoms with van der Waals surface area (Å²) in [6, 6.07) is 6.53. The molecule has 0 heterocycles. The number of rotatable bonds is 4. The summed E-state index contributed by atoms with van der Waals surface area (Å²) in [5.41, 5.74) is 4.25. The van der Waals surface area contributed by atoms with Gasteiger partial charge in [0.15, 0.2) is 0 Å². The van der Waals surface area contributed by atoms with Gasteiger partial charge in [0.05, 0.1) is 0 Å². The number of hydrogen-bond acceptors (Lipinski definition) is 1. The summed E-state index contributed by atoms with van der Waals surface area (Å²) in [6.45, 7) is 7.46. The molecule has 1 nitrogen and oxygen atoms in total. The molecule has 2 rings (SSSR count). The van der Waals surface area contributed by atoms with Gasteiger partial charge in [-0.05, 0) is 53.5 Å². The number of halogens is 1. The van der Waals surface area contributed by atoms with E-state index in [1.165, 1.54) is 16.7 Å². The van der Waals surface area contributed by atoms with Crippen LogP contribution >= 0.6 is 15.9 Å². The highest BCUT2D eigenvalue weighted by Gasteiger charge is 2.35. The van der Waals surface area contributed by atoms with Crippen LogP contribution in [0, 0.1) is 5.41 Å². The zero-order chi connectivity index (χ0) is 12.5. The normalized spacial score (nSPS) is 22.9. The van der Waals surface area contributed by atoms with Crippen molar-refractivity contribution in [3.8, 4) is 0 Å². The van der Waals surface area contributed by atoms with E-state index in [9.17, 15) is 0 Å². The first-order valence-electron chi connectivity index (χ1n) is 6.04. The molecule has 0 aromatic heterocycles. The Hall–Kier alpha value is -0.600. The lowest BCUT2D eigenvalue weighted by Crippen LogP contribution is -2.15. The molecule has 0 aliphatic heterocycles. The van der Waals surface area contributed by atoms with Gasteiger partial charge in [-0.15, -0.1) is 0 Å². The molecule has 0 bridgehead atoms. The molecular formula is C15H19BrO. The van der Waals surface area contributed by atoms with Crippen LogP contribution in [0.2, 0.25) is 0 Å². The second-order valence-electron chi connectivity index (χ2n) is 5.11. The van der Waals surface area contributed by atoms with E-state index in [0.717, 1.165) is 30.3 Å². The molecule has 2 heteroatoms. The maximum absolute atomic E-state index is 5.14. The fraction of sp³-hybridized carbons (Fsp3) is 0.467. The maximum Gasteiger partial charge on any atom is 0.0462 e. The first kappa shape index (κ1) is 12.8. The standard InChI is InChI=1S/C15H19BrO/c1-11-14-9-13(16)6-5-12(14)10-15(11,2)7-4-8-17-3/h5-6,9H,1,4,7-8,10H2,2-3H3. The molecule has 0 fully saturated rings. The minimum Gasteiger partial charge on any atom is -0.385 e. The van der Waals surface area contributed by atoms with Gasteiger partial charge >= 0.3 is 0 Å². The number of methoxy groups -OCH3 is 1. The van der Waals surface area contributed by atoms with Gasteiger partial charge in [-0.25, -0.2) is 0 Å². The average molecular weight is 295 g/mol. The Bertz CT molecular complexity index is 439. The average Bonchev–Trinajstić information content (AvgIpc) is 2.53. The van der Waals surface area contributed by atoms with Crippen molar-refractivity contribution in [3.05, 3.63) is 40.4 Å². The molecule has 17 heavy (non-hydrogen) atoms. The zero-order valence-corrected chi connectivity index (χ0v) is 12.1. The van der Waals surface area contributed by atoms with Crippen LogP contribution in [0.25, 0.3) is 5.57 Å². The Kier molecular flexibility index (Phi) is 3.74. The van der Waals surface area contributed by atoms with Crippen LogP contribution in [0.1, 0.15) is 30.9 Å². The van der Waals surface area contributed by atoms with E-state index in [1.807, 2.05) is 0 Å². The highest BCUT2D eigenvalue weighted by atomic mass is 79.9. The van der Waals surface area contributed by atoms with Crippen LogP contribution in [0.3, 0.4) is 0 Å². The van der Waals surface area contributed by atoms with Crippen molar-refractivity contribution in [2.75, 3.05) is 13.7 Å². The molecule has 1 aliphatic rings. The molecule has 0 radical (unpaired) electrons. The number of benzene rings is 1.